The molecule has 1 heterocycles. The number of hydrogen-bond acceptors (Lipinski definition) is 14. The molecule has 2 bridgehead atoms. The average molecular weight is 1080 g/mol. The molecule has 1 unspecified atom stereocenters. The molecule has 3 aromatic rings. The Balaban J connectivity index is 1.49. The van der Waals surface area contributed by atoms with E-state index in [4.69, 9.17) is 32.5 Å². The molecule has 0 aromatic heterocycles. The molecule has 76 heavy (non-hydrogen) atoms. The van der Waals surface area contributed by atoms with Gasteiger partial charge in [-0.3, -0.25) is 19.2 Å². The van der Waals surface area contributed by atoms with Gasteiger partial charge >= 0.3 is 23.9 Å². The van der Waals surface area contributed by atoms with Crippen LogP contribution in [0, 0.1) is 16.7 Å². The Morgan fingerprint density at radius 3 is 1.78 bits per heavy atom. The van der Waals surface area contributed by atoms with Crippen molar-refractivity contribution in [3.8, 4) is 0 Å². The van der Waals surface area contributed by atoms with Crippen molar-refractivity contribution in [1.29, 1.82) is 0 Å². The number of amides is 1. The molecule has 412 valence electrons. The molecule has 0 radical (unpaired) electrons. The quantitative estimate of drug-likeness (QED) is 0.0469. The third-order valence-electron chi connectivity index (χ3n) is 18.1. The van der Waals surface area contributed by atoms with E-state index in [1.807, 2.05) is 26.8 Å². The van der Waals surface area contributed by atoms with Crippen molar-refractivity contribution in [1.82, 2.24) is 5.32 Å². The van der Waals surface area contributed by atoms with E-state index < -0.39 is 129 Å². The smallest absolute Gasteiger partial charge is 0.338 e. The van der Waals surface area contributed by atoms with Gasteiger partial charge in [-0.05, 0) is 91.1 Å². The number of ketones is 1. The second kappa shape index (κ2) is 23.0. The molecule has 15 nitrogen and oxygen atoms in total. The minimum atomic E-state index is -2.75. The van der Waals surface area contributed by atoms with Gasteiger partial charge in [-0.15, -0.1) is 0 Å². The van der Waals surface area contributed by atoms with Crippen LogP contribution in [0.4, 0.5) is 0 Å². The number of fused-ring (bicyclic) bond motifs is 5. The summed E-state index contributed by atoms with van der Waals surface area (Å²) in [7, 11) is -5.40. The molecule has 1 aliphatic heterocycles. The van der Waals surface area contributed by atoms with Gasteiger partial charge in [0.05, 0.1) is 35.6 Å². The van der Waals surface area contributed by atoms with E-state index in [-0.39, 0.29) is 24.2 Å². The fourth-order valence-electron chi connectivity index (χ4n) is 13.0. The maximum absolute atomic E-state index is 16.6. The molecule has 17 heteroatoms. The maximum Gasteiger partial charge on any atom is 0.338 e. The number of benzene rings is 3. The number of Topliss-reactive ketones (excluding diaryl/α,β-unsaturated/α-hetero) is 1. The molecule has 3 aliphatic carbocycles. The normalized spacial score (nSPS) is 28.7. The first-order valence-corrected chi connectivity index (χ1v) is 32.3. The first-order valence-electron chi connectivity index (χ1n) is 27.2. The van der Waals surface area contributed by atoms with Crippen LogP contribution in [0.3, 0.4) is 0 Å². The Morgan fingerprint density at radius 2 is 1.28 bits per heavy atom. The molecule has 1 saturated heterocycles. The van der Waals surface area contributed by atoms with Gasteiger partial charge in [0.25, 0.3) is 5.91 Å². The standard InChI is InChI=1S/C59H79NO14Si2/c1-13-75(14-2,15-3)73-44-34-45-58(36-68-45,72-39(9)62)50-52(71-54(65)42-32-26-21-27-33-42)59(67)35-43(37(7)46(56(59,10)11)48(69-38(8)61)51(63)57(44,50)12)70-55(66)49(74-76(16-4,17-5)18-6)47(40-28-22-19-23-29-40)60-53(64)41-30-24-20-25-31-41/h19-33,43-45,47-50,52,67H,13-18,34-36H2,1-12H3,(H,60,64)/t43-,44-,45+,47-,48+,49+,50?,52-,57+,58-,59+/m0/s1. The zero-order chi connectivity index (χ0) is 55.6. The van der Waals surface area contributed by atoms with E-state index in [0.29, 0.717) is 53.0 Å². The Kier molecular flexibility index (Phi) is 17.6. The van der Waals surface area contributed by atoms with Crippen molar-refractivity contribution in [3.63, 3.8) is 0 Å². The number of aliphatic hydroxyl groups is 1. The van der Waals surface area contributed by atoms with Gasteiger partial charge in [-0.2, -0.15) is 0 Å². The summed E-state index contributed by atoms with van der Waals surface area (Å²) < 4.78 is 47.1. The summed E-state index contributed by atoms with van der Waals surface area (Å²) in [6.07, 6.45) is -8.46. The molecular weight excluding hydrogens is 1000 g/mol. The molecule has 2 saturated carbocycles. The van der Waals surface area contributed by atoms with Crippen molar-refractivity contribution in [2.24, 2.45) is 16.7 Å². The number of hydrogen-bond donors (Lipinski definition) is 2. The summed E-state index contributed by atoms with van der Waals surface area (Å²) in [5.41, 5.74) is -5.92. The number of ether oxygens (including phenoxy) is 5. The lowest BCUT2D eigenvalue weighted by Crippen LogP contribution is -2.82. The molecule has 1 amide bonds. The summed E-state index contributed by atoms with van der Waals surface area (Å²) in [5.74, 6) is -5.70. The first kappa shape index (κ1) is 58.4. The van der Waals surface area contributed by atoms with Gasteiger partial charge in [0.2, 0.25) is 0 Å². The molecule has 11 atom stereocenters. The van der Waals surface area contributed by atoms with E-state index in [9.17, 15) is 24.3 Å². The highest BCUT2D eigenvalue weighted by Gasteiger charge is 2.79. The van der Waals surface area contributed by atoms with Crippen LogP contribution in [0.1, 0.15) is 128 Å². The number of carbonyl (C=O) groups is 6. The largest absolute Gasteiger partial charge is 0.456 e. The van der Waals surface area contributed by atoms with Gasteiger partial charge < -0.3 is 43.0 Å². The first-order chi connectivity index (χ1) is 36.0. The molecule has 3 aromatic carbocycles. The lowest BCUT2D eigenvalue weighted by Gasteiger charge is -2.68. The van der Waals surface area contributed by atoms with Crippen LogP contribution in [0.15, 0.2) is 102 Å². The highest BCUT2D eigenvalue weighted by molar-refractivity contribution is 6.74. The average Bonchev–Trinajstić information content (AvgIpc) is 3.45. The van der Waals surface area contributed by atoms with E-state index in [1.165, 1.54) is 13.8 Å². The molecule has 3 fully saturated rings. The van der Waals surface area contributed by atoms with Crippen LogP contribution in [0.5, 0.6) is 0 Å². The van der Waals surface area contributed by atoms with Crippen molar-refractivity contribution in [3.05, 3.63) is 119 Å². The predicted molar refractivity (Wildman–Crippen MR) is 290 cm³/mol. The van der Waals surface area contributed by atoms with Crippen molar-refractivity contribution in [2.75, 3.05) is 6.61 Å². The van der Waals surface area contributed by atoms with Gasteiger partial charge in [0.1, 0.15) is 23.9 Å². The van der Waals surface area contributed by atoms with E-state index in [2.05, 4.69) is 26.1 Å². The lowest BCUT2D eigenvalue weighted by atomic mass is 9.44. The van der Waals surface area contributed by atoms with Crippen molar-refractivity contribution >= 4 is 52.2 Å². The summed E-state index contributed by atoms with van der Waals surface area (Å²) in [5, 5.41) is 17.5. The fourth-order valence-corrected chi connectivity index (χ4v) is 18.7. The lowest BCUT2D eigenvalue weighted by molar-refractivity contribution is -0.344. The minimum absolute atomic E-state index is 0.0931. The highest BCUT2D eigenvalue weighted by Crippen LogP contribution is 2.65. The van der Waals surface area contributed by atoms with Crippen LogP contribution < -0.4 is 5.32 Å². The summed E-state index contributed by atoms with van der Waals surface area (Å²) in [6.45, 7) is 21.2. The SMILES string of the molecule is CC[Si](CC)(CC)O[C@H]1C[C@H]2OC[C@@]2(OC(C)=O)C2[C@H](OC(=O)c3ccccc3)[C@]3(O)C[C@H](OC(=O)[C@H](O[Si](CC)(CC)CC)[C@@H](NC(=O)c4ccccc4)c4ccccc4)C(C)=C([C@@H](OC(C)=O)C(=O)[C@@]21C)C3(C)C. The van der Waals surface area contributed by atoms with Gasteiger partial charge in [0, 0.05) is 37.7 Å². The molecular formula is C59H79NO14Si2. The van der Waals surface area contributed by atoms with Crippen LogP contribution in [0.2, 0.25) is 36.3 Å². The van der Waals surface area contributed by atoms with Crippen LogP contribution in [-0.4, -0.2) is 112 Å². The summed E-state index contributed by atoms with van der Waals surface area (Å²) >= 11 is 0. The molecule has 4 aliphatic rings. The number of nitrogens with one attached hydrogen (secondary N) is 1. The van der Waals surface area contributed by atoms with Crippen LogP contribution in [-0.2, 0) is 51.7 Å². The van der Waals surface area contributed by atoms with Gasteiger partial charge in [0.15, 0.2) is 40.2 Å². The fraction of sp³-hybridized carbons (Fsp3) is 0.559. The van der Waals surface area contributed by atoms with Crippen LogP contribution >= 0.6 is 0 Å². The zero-order valence-electron chi connectivity index (χ0n) is 46.4. The number of carbonyl (C=O) groups excluding carboxylic acids is 6. The Hall–Kier alpha value is -5.31. The predicted octanol–water partition coefficient (Wildman–Crippen LogP) is 9.79. The summed E-state index contributed by atoms with van der Waals surface area (Å²) in [4.78, 5) is 88.6. The second-order valence-electron chi connectivity index (χ2n) is 22.0. The monoisotopic (exact) mass is 1080 g/mol. The third-order valence-corrected chi connectivity index (χ3v) is 27.3. The highest BCUT2D eigenvalue weighted by atomic mass is 28.4. The Labute approximate surface area is 450 Å². The Bertz CT molecular complexity index is 2620. The second-order valence-corrected chi connectivity index (χ2v) is 31.5. The van der Waals surface area contributed by atoms with Gasteiger partial charge in [-0.1, -0.05) is 122 Å². The topological polar surface area (TPSA) is 199 Å². The van der Waals surface area contributed by atoms with E-state index in [1.54, 1.807) is 113 Å². The Morgan fingerprint density at radius 1 is 0.737 bits per heavy atom. The van der Waals surface area contributed by atoms with E-state index >= 15 is 9.59 Å². The van der Waals surface area contributed by atoms with Crippen molar-refractivity contribution in [2.45, 2.75) is 186 Å². The molecule has 7 rings (SSSR count). The molecule has 0 spiro atoms. The summed E-state index contributed by atoms with van der Waals surface area (Å²) in [6, 6.07) is 28.8. The van der Waals surface area contributed by atoms with E-state index in [0.717, 1.165) is 0 Å². The van der Waals surface area contributed by atoms with Crippen LogP contribution in [0.25, 0.3) is 0 Å². The minimum Gasteiger partial charge on any atom is -0.456 e. The number of rotatable bonds is 20. The van der Waals surface area contributed by atoms with Crippen molar-refractivity contribution < 1.29 is 66.4 Å². The zero-order valence-corrected chi connectivity index (χ0v) is 48.4. The maximum atomic E-state index is 16.6. The molecule has 2 N–H and O–H groups in total. The van der Waals surface area contributed by atoms with Gasteiger partial charge in [-0.25, -0.2) is 9.59 Å². The third kappa shape index (κ3) is 10.4. The number of esters is 4.